The van der Waals surface area contributed by atoms with Crippen LogP contribution in [0.1, 0.15) is 58.7 Å². The quantitative estimate of drug-likeness (QED) is 0.837. The minimum absolute atomic E-state index is 0.320. The van der Waals surface area contributed by atoms with Crippen LogP contribution in [0.4, 0.5) is 0 Å². The number of nitrogens with one attached hydrogen (secondary N) is 1. The Morgan fingerprint density at radius 1 is 1.57 bits per heavy atom. The van der Waals surface area contributed by atoms with E-state index in [1.54, 1.807) is 0 Å². The van der Waals surface area contributed by atoms with Crippen LogP contribution in [0.2, 0.25) is 0 Å². The second kappa shape index (κ2) is 7.09. The number of nitrogens with zero attached hydrogens (tertiary/aromatic N) is 3. The monoisotopic (exact) mass is 288 g/mol. The smallest absolute Gasteiger partial charge is 0.109 e. The van der Waals surface area contributed by atoms with Gasteiger partial charge in [-0.25, -0.2) is 4.98 Å². The molecule has 0 bridgehead atoms. The zero-order chi connectivity index (χ0) is 15.3. The van der Waals surface area contributed by atoms with Gasteiger partial charge in [0.05, 0.1) is 6.07 Å². The average Bonchev–Trinajstić information content (AvgIpc) is 3.04. The van der Waals surface area contributed by atoms with Crippen LogP contribution in [0.3, 0.4) is 0 Å². The zero-order valence-corrected chi connectivity index (χ0v) is 13.6. The highest BCUT2D eigenvalue weighted by molar-refractivity contribution is 5.14. The average molecular weight is 288 g/mol. The summed E-state index contributed by atoms with van der Waals surface area (Å²) < 4.78 is 2.26. The molecule has 116 valence electrons. The van der Waals surface area contributed by atoms with Gasteiger partial charge >= 0.3 is 0 Å². The highest BCUT2D eigenvalue weighted by Crippen LogP contribution is 2.38. The summed E-state index contributed by atoms with van der Waals surface area (Å²) in [5.41, 5.74) is -0.320. The summed E-state index contributed by atoms with van der Waals surface area (Å²) in [6.45, 7) is 7.42. The third-order valence-electron chi connectivity index (χ3n) is 4.56. The Balaban J connectivity index is 2.01. The molecule has 1 N–H and O–H groups in total. The second-order valence-corrected chi connectivity index (χ2v) is 6.55. The molecular formula is C17H28N4. The summed E-state index contributed by atoms with van der Waals surface area (Å²) >= 11 is 0. The van der Waals surface area contributed by atoms with Gasteiger partial charge < -0.3 is 4.57 Å². The van der Waals surface area contributed by atoms with Gasteiger partial charge in [-0.15, -0.1) is 0 Å². The Labute approximate surface area is 128 Å². The van der Waals surface area contributed by atoms with Crippen molar-refractivity contribution < 1.29 is 0 Å². The van der Waals surface area contributed by atoms with E-state index in [0.29, 0.717) is 12.0 Å². The summed E-state index contributed by atoms with van der Waals surface area (Å²) in [5.74, 6) is 1.62. The molecule has 0 aliphatic heterocycles. The number of rotatable bonds is 7. The molecule has 4 heteroatoms. The summed E-state index contributed by atoms with van der Waals surface area (Å²) in [4.78, 5) is 4.44. The van der Waals surface area contributed by atoms with Crippen LogP contribution in [0, 0.1) is 17.2 Å². The lowest BCUT2D eigenvalue weighted by Crippen LogP contribution is -2.50. The fraction of sp³-hybridized carbons (Fsp3) is 0.765. The van der Waals surface area contributed by atoms with Crippen LogP contribution < -0.4 is 5.32 Å². The van der Waals surface area contributed by atoms with Crippen LogP contribution >= 0.6 is 0 Å². The maximum Gasteiger partial charge on any atom is 0.109 e. The predicted molar refractivity (Wildman–Crippen MR) is 84.8 cm³/mol. The molecule has 0 aromatic carbocycles. The van der Waals surface area contributed by atoms with E-state index >= 15 is 0 Å². The number of hydrogen-bond acceptors (Lipinski definition) is 3. The maximum absolute atomic E-state index is 9.70. The third-order valence-corrected chi connectivity index (χ3v) is 4.56. The van der Waals surface area contributed by atoms with E-state index in [0.717, 1.165) is 45.1 Å². The number of aryl methyl sites for hydroxylation is 2. The molecule has 0 spiro atoms. The minimum atomic E-state index is -0.320. The molecule has 1 saturated carbocycles. The molecule has 4 nitrogen and oxygen atoms in total. The molecule has 21 heavy (non-hydrogen) atoms. The number of nitriles is 1. The highest BCUT2D eigenvalue weighted by Gasteiger charge is 2.43. The van der Waals surface area contributed by atoms with Crippen LogP contribution in [0.15, 0.2) is 12.4 Å². The van der Waals surface area contributed by atoms with Gasteiger partial charge in [0, 0.05) is 31.4 Å². The van der Waals surface area contributed by atoms with Gasteiger partial charge in [0.25, 0.3) is 0 Å². The van der Waals surface area contributed by atoms with Crippen molar-refractivity contribution in [1.29, 1.82) is 5.26 Å². The van der Waals surface area contributed by atoms with Crippen LogP contribution in [-0.2, 0) is 13.0 Å². The van der Waals surface area contributed by atoms with E-state index in [1.807, 2.05) is 6.20 Å². The molecule has 0 saturated heterocycles. The summed E-state index contributed by atoms with van der Waals surface area (Å²) in [6, 6.07) is 2.95. The number of imidazole rings is 1. The number of aromatic nitrogens is 2. The third kappa shape index (κ3) is 3.65. The van der Waals surface area contributed by atoms with E-state index in [-0.39, 0.29) is 5.54 Å². The Morgan fingerprint density at radius 2 is 2.38 bits per heavy atom. The van der Waals surface area contributed by atoms with E-state index in [2.05, 4.69) is 47.9 Å². The largest absolute Gasteiger partial charge is 0.335 e. The van der Waals surface area contributed by atoms with Gasteiger partial charge in [-0.1, -0.05) is 13.3 Å². The summed E-state index contributed by atoms with van der Waals surface area (Å²) in [7, 11) is 0. The Kier molecular flexibility index (Phi) is 5.41. The molecule has 0 amide bonds. The van der Waals surface area contributed by atoms with Gasteiger partial charge in [-0.3, -0.25) is 5.32 Å². The van der Waals surface area contributed by atoms with Crippen molar-refractivity contribution in [3.05, 3.63) is 18.2 Å². The van der Waals surface area contributed by atoms with Crippen LogP contribution in [0.5, 0.6) is 0 Å². The normalized spacial score (nSPS) is 25.4. The van der Waals surface area contributed by atoms with E-state index in [4.69, 9.17) is 0 Å². The molecule has 1 fully saturated rings. The van der Waals surface area contributed by atoms with Crippen LogP contribution in [-0.4, -0.2) is 21.1 Å². The topological polar surface area (TPSA) is 53.6 Å². The SMILES string of the molecule is CCCc1nccn1CCC1CCCC1(C#N)NC(C)C. The molecule has 2 rings (SSSR count). The molecule has 1 aliphatic rings. The maximum atomic E-state index is 9.70. The lowest BCUT2D eigenvalue weighted by atomic mass is 9.85. The Morgan fingerprint density at radius 3 is 3.05 bits per heavy atom. The first kappa shape index (κ1) is 16.0. The molecule has 1 aromatic rings. The van der Waals surface area contributed by atoms with Crippen molar-refractivity contribution in [1.82, 2.24) is 14.9 Å². The molecule has 2 atom stereocenters. The minimum Gasteiger partial charge on any atom is -0.335 e. The summed E-state index contributed by atoms with van der Waals surface area (Å²) in [6.07, 6.45) is 10.5. The lowest BCUT2D eigenvalue weighted by Gasteiger charge is -2.32. The molecule has 1 heterocycles. The van der Waals surface area contributed by atoms with E-state index < -0.39 is 0 Å². The van der Waals surface area contributed by atoms with Gasteiger partial charge in [0.2, 0.25) is 0 Å². The molecular weight excluding hydrogens is 260 g/mol. The molecule has 1 aromatic heterocycles. The lowest BCUT2D eigenvalue weighted by molar-refractivity contribution is 0.271. The van der Waals surface area contributed by atoms with Crippen molar-refractivity contribution in [2.45, 2.75) is 77.4 Å². The summed E-state index contributed by atoms with van der Waals surface area (Å²) in [5, 5.41) is 13.2. The molecule has 2 unspecified atom stereocenters. The van der Waals surface area contributed by atoms with Crippen LogP contribution in [0.25, 0.3) is 0 Å². The molecule has 1 aliphatic carbocycles. The Bertz CT molecular complexity index is 485. The second-order valence-electron chi connectivity index (χ2n) is 6.55. The van der Waals surface area contributed by atoms with Crippen molar-refractivity contribution in [3.63, 3.8) is 0 Å². The fourth-order valence-electron chi connectivity index (χ4n) is 3.64. The molecule has 0 radical (unpaired) electrons. The standard InChI is InChI=1S/C17H28N4/c1-4-6-16-19-10-12-21(16)11-8-15-7-5-9-17(15,13-18)20-14(2)3/h10,12,14-15,20H,4-9,11H2,1-3H3. The highest BCUT2D eigenvalue weighted by atomic mass is 15.1. The first-order valence-corrected chi connectivity index (χ1v) is 8.30. The zero-order valence-electron chi connectivity index (χ0n) is 13.6. The van der Waals surface area contributed by atoms with Crippen molar-refractivity contribution in [2.75, 3.05) is 0 Å². The van der Waals surface area contributed by atoms with Crippen molar-refractivity contribution >= 4 is 0 Å². The van der Waals surface area contributed by atoms with Crippen molar-refractivity contribution in [3.8, 4) is 6.07 Å². The first-order chi connectivity index (χ1) is 10.1. The van der Waals surface area contributed by atoms with Gasteiger partial charge in [0.15, 0.2) is 0 Å². The first-order valence-electron chi connectivity index (χ1n) is 8.30. The van der Waals surface area contributed by atoms with Crippen molar-refractivity contribution in [2.24, 2.45) is 5.92 Å². The van der Waals surface area contributed by atoms with Gasteiger partial charge in [0.1, 0.15) is 11.4 Å². The Hall–Kier alpha value is -1.34. The fourth-order valence-corrected chi connectivity index (χ4v) is 3.64. The van der Waals surface area contributed by atoms with E-state index in [9.17, 15) is 5.26 Å². The predicted octanol–water partition coefficient (Wildman–Crippen LogP) is 3.29. The van der Waals surface area contributed by atoms with Gasteiger partial charge in [-0.2, -0.15) is 5.26 Å². The number of hydrogen-bond donors (Lipinski definition) is 1. The van der Waals surface area contributed by atoms with E-state index in [1.165, 1.54) is 5.82 Å². The van der Waals surface area contributed by atoms with Gasteiger partial charge in [-0.05, 0) is 45.4 Å².